The average Bonchev–Trinajstić information content (AvgIpc) is 2.77. The Bertz CT molecular complexity index is 627. The molecule has 6 heteroatoms. The van der Waals surface area contributed by atoms with E-state index in [0.717, 1.165) is 15.6 Å². The highest BCUT2D eigenvalue weighted by Crippen LogP contribution is 2.20. The number of aromatic nitrogens is 1. The molecule has 0 saturated heterocycles. The summed E-state index contributed by atoms with van der Waals surface area (Å²) in [7, 11) is 0. The van der Waals surface area contributed by atoms with Crippen molar-refractivity contribution in [1.29, 1.82) is 0 Å². The third kappa shape index (κ3) is 4.82. The number of nitrogens with zero attached hydrogens (tertiary/aromatic N) is 1. The van der Waals surface area contributed by atoms with E-state index in [4.69, 9.17) is 9.84 Å². The van der Waals surface area contributed by atoms with Gasteiger partial charge in [-0.2, -0.15) is 0 Å². The van der Waals surface area contributed by atoms with E-state index >= 15 is 0 Å². The van der Waals surface area contributed by atoms with Gasteiger partial charge in [0.1, 0.15) is 11.6 Å². The lowest BCUT2D eigenvalue weighted by Gasteiger charge is -2.04. The summed E-state index contributed by atoms with van der Waals surface area (Å²) in [6.07, 6.45) is 1.24. The summed E-state index contributed by atoms with van der Waals surface area (Å²) < 4.78 is 18.5. The highest BCUT2D eigenvalue weighted by Gasteiger charge is 2.09. The zero-order valence-corrected chi connectivity index (χ0v) is 12.5. The van der Waals surface area contributed by atoms with Crippen LogP contribution in [-0.4, -0.2) is 22.7 Å². The van der Waals surface area contributed by atoms with Crippen molar-refractivity contribution in [3.05, 3.63) is 45.7 Å². The van der Waals surface area contributed by atoms with E-state index in [0.29, 0.717) is 25.2 Å². The Labute approximate surface area is 126 Å². The maximum atomic E-state index is 13.0. The van der Waals surface area contributed by atoms with Crippen LogP contribution in [0.4, 0.5) is 4.39 Å². The minimum atomic E-state index is -0.807. The van der Waals surface area contributed by atoms with Gasteiger partial charge in [0.15, 0.2) is 0 Å². The van der Waals surface area contributed by atoms with Crippen molar-refractivity contribution < 1.29 is 19.0 Å². The molecule has 0 aliphatic carbocycles. The Morgan fingerprint density at radius 3 is 2.95 bits per heavy atom. The fourth-order valence-electron chi connectivity index (χ4n) is 1.86. The van der Waals surface area contributed by atoms with Crippen LogP contribution in [-0.2, 0) is 17.6 Å². The minimum absolute atomic E-state index is 0.113. The Kier molecular flexibility index (Phi) is 5.27. The fraction of sp³-hybridized carbons (Fsp3) is 0.333. The van der Waals surface area contributed by atoms with Crippen molar-refractivity contribution >= 4 is 17.3 Å². The van der Waals surface area contributed by atoms with E-state index in [1.165, 1.54) is 23.5 Å². The number of rotatable bonds is 7. The molecular formula is C15H16FNO3S. The largest absolute Gasteiger partial charge is 0.493 e. The van der Waals surface area contributed by atoms with Crippen LogP contribution in [0.1, 0.15) is 22.0 Å². The van der Waals surface area contributed by atoms with E-state index < -0.39 is 5.97 Å². The minimum Gasteiger partial charge on any atom is -0.493 e. The zero-order valence-electron chi connectivity index (χ0n) is 11.6. The molecule has 0 atom stereocenters. The molecule has 0 radical (unpaired) electrons. The Balaban J connectivity index is 1.86. The molecule has 0 saturated carbocycles. The molecule has 1 aromatic carbocycles. The summed E-state index contributed by atoms with van der Waals surface area (Å²) in [5.74, 6) is -0.637. The molecule has 21 heavy (non-hydrogen) atoms. The number of ether oxygens (including phenoxy) is 1. The Hall–Kier alpha value is -1.95. The van der Waals surface area contributed by atoms with Crippen LogP contribution in [0.3, 0.4) is 0 Å². The SMILES string of the molecule is Cc1nc(CCOc2cccc(F)c2)sc1CCC(=O)O. The molecule has 0 unspecified atom stereocenters. The van der Waals surface area contributed by atoms with Crippen LogP contribution in [0.5, 0.6) is 5.75 Å². The standard InChI is InChI=1S/C15H16FNO3S/c1-10-13(5-6-15(18)19)21-14(17-10)7-8-20-12-4-2-3-11(16)9-12/h2-4,9H,5-8H2,1H3,(H,18,19). The number of aryl methyl sites for hydroxylation is 2. The van der Waals surface area contributed by atoms with Gasteiger partial charge in [-0.05, 0) is 25.5 Å². The molecule has 4 nitrogen and oxygen atoms in total. The van der Waals surface area contributed by atoms with Crippen molar-refractivity contribution in [3.63, 3.8) is 0 Å². The highest BCUT2D eigenvalue weighted by atomic mass is 32.1. The van der Waals surface area contributed by atoms with Crippen molar-refractivity contribution in [2.75, 3.05) is 6.61 Å². The van der Waals surface area contributed by atoms with Crippen LogP contribution in [0.15, 0.2) is 24.3 Å². The first kappa shape index (κ1) is 15.4. The molecule has 0 fully saturated rings. The monoisotopic (exact) mass is 309 g/mol. The number of halogens is 1. The predicted molar refractivity (Wildman–Crippen MR) is 78.4 cm³/mol. The first-order valence-corrected chi connectivity index (χ1v) is 7.41. The second kappa shape index (κ2) is 7.17. The molecule has 2 rings (SSSR count). The lowest BCUT2D eigenvalue weighted by Crippen LogP contribution is -2.01. The molecule has 1 aromatic heterocycles. The van der Waals surface area contributed by atoms with Crippen molar-refractivity contribution in [3.8, 4) is 5.75 Å². The first-order chi connectivity index (χ1) is 10.0. The van der Waals surface area contributed by atoms with Gasteiger partial charge in [0.05, 0.1) is 23.7 Å². The van der Waals surface area contributed by atoms with Gasteiger partial charge in [0, 0.05) is 17.4 Å². The Morgan fingerprint density at radius 1 is 1.43 bits per heavy atom. The fourth-order valence-corrected chi connectivity index (χ4v) is 2.91. The molecule has 1 heterocycles. The Morgan fingerprint density at radius 2 is 2.24 bits per heavy atom. The number of thiazole rings is 1. The second-order valence-corrected chi connectivity index (χ2v) is 5.73. The van der Waals surface area contributed by atoms with E-state index in [1.807, 2.05) is 6.92 Å². The average molecular weight is 309 g/mol. The summed E-state index contributed by atoms with van der Waals surface area (Å²) >= 11 is 1.51. The lowest BCUT2D eigenvalue weighted by molar-refractivity contribution is -0.136. The molecule has 0 aliphatic heterocycles. The van der Waals surface area contributed by atoms with Gasteiger partial charge in [0.2, 0.25) is 0 Å². The number of carboxylic acids is 1. The molecule has 0 bridgehead atoms. The molecule has 0 aliphatic rings. The van der Waals surface area contributed by atoms with Crippen LogP contribution < -0.4 is 4.74 Å². The third-order valence-corrected chi connectivity index (χ3v) is 4.16. The van der Waals surface area contributed by atoms with Gasteiger partial charge in [-0.15, -0.1) is 11.3 Å². The quantitative estimate of drug-likeness (QED) is 0.853. The van der Waals surface area contributed by atoms with E-state index in [1.54, 1.807) is 12.1 Å². The van der Waals surface area contributed by atoms with E-state index in [2.05, 4.69) is 4.98 Å². The number of carboxylic acid groups (broad SMARTS) is 1. The van der Waals surface area contributed by atoms with Crippen molar-refractivity contribution in [2.45, 2.75) is 26.2 Å². The first-order valence-electron chi connectivity index (χ1n) is 6.60. The maximum Gasteiger partial charge on any atom is 0.303 e. The topological polar surface area (TPSA) is 59.4 Å². The zero-order chi connectivity index (χ0) is 15.2. The van der Waals surface area contributed by atoms with Crippen molar-refractivity contribution in [1.82, 2.24) is 4.98 Å². The smallest absolute Gasteiger partial charge is 0.303 e. The van der Waals surface area contributed by atoms with Crippen LogP contribution in [0.25, 0.3) is 0 Å². The summed E-state index contributed by atoms with van der Waals surface area (Å²) in [4.78, 5) is 16.0. The molecule has 2 aromatic rings. The highest BCUT2D eigenvalue weighted by molar-refractivity contribution is 7.11. The van der Waals surface area contributed by atoms with E-state index in [9.17, 15) is 9.18 Å². The molecular weight excluding hydrogens is 293 g/mol. The van der Waals surface area contributed by atoms with Gasteiger partial charge in [0.25, 0.3) is 0 Å². The summed E-state index contributed by atoms with van der Waals surface area (Å²) in [6, 6.07) is 6.01. The predicted octanol–water partition coefficient (Wildman–Crippen LogP) is 3.23. The number of benzene rings is 1. The third-order valence-electron chi connectivity index (χ3n) is 2.88. The van der Waals surface area contributed by atoms with Crippen LogP contribution in [0.2, 0.25) is 0 Å². The lowest BCUT2D eigenvalue weighted by atomic mass is 10.2. The number of hydrogen-bond donors (Lipinski definition) is 1. The van der Waals surface area contributed by atoms with Crippen LogP contribution in [0, 0.1) is 12.7 Å². The maximum absolute atomic E-state index is 13.0. The molecule has 1 N–H and O–H groups in total. The van der Waals surface area contributed by atoms with Gasteiger partial charge in [-0.3, -0.25) is 4.79 Å². The second-order valence-electron chi connectivity index (χ2n) is 4.57. The summed E-state index contributed by atoms with van der Waals surface area (Å²) in [5.41, 5.74) is 0.877. The van der Waals surface area contributed by atoms with Crippen molar-refractivity contribution in [2.24, 2.45) is 0 Å². The number of hydrogen-bond acceptors (Lipinski definition) is 4. The molecule has 0 amide bonds. The van der Waals surface area contributed by atoms with E-state index in [-0.39, 0.29) is 12.2 Å². The normalized spacial score (nSPS) is 10.6. The number of carbonyl (C=O) groups is 1. The summed E-state index contributed by atoms with van der Waals surface area (Å²) in [6.45, 7) is 2.29. The number of aliphatic carboxylic acids is 1. The van der Waals surface area contributed by atoms with Gasteiger partial charge < -0.3 is 9.84 Å². The van der Waals surface area contributed by atoms with Gasteiger partial charge >= 0.3 is 5.97 Å². The molecule has 112 valence electrons. The molecule has 0 spiro atoms. The van der Waals surface area contributed by atoms with Crippen LogP contribution >= 0.6 is 11.3 Å². The summed E-state index contributed by atoms with van der Waals surface area (Å²) in [5, 5.41) is 9.60. The van der Waals surface area contributed by atoms with Gasteiger partial charge in [-0.1, -0.05) is 6.07 Å². The van der Waals surface area contributed by atoms with Gasteiger partial charge in [-0.25, -0.2) is 9.37 Å².